The molecule has 9 heteroatoms. The van der Waals surface area contributed by atoms with Gasteiger partial charge >= 0.3 is 6.18 Å². The Morgan fingerprint density at radius 2 is 1.80 bits per heavy atom. The molecule has 0 aromatic heterocycles. The zero-order valence-corrected chi connectivity index (χ0v) is 20.3. The highest BCUT2D eigenvalue weighted by Gasteiger charge is 2.34. The molecule has 0 bridgehead atoms. The van der Waals surface area contributed by atoms with Crippen molar-refractivity contribution in [3.63, 3.8) is 0 Å². The van der Waals surface area contributed by atoms with Gasteiger partial charge in [0.25, 0.3) is 10.0 Å². The molecule has 0 radical (unpaired) electrons. The van der Waals surface area contributed by atoms with Crippen molar-refractivity contribution in [3.8, 4) is 5.75 Å². The third-order valence-corrected chi connectivity index (χ3v) is 8.60. The van der Waals surface area contributed by atoms with Crippen LogP contribution < -0.4 is 9.04 Å². The van der Waals surface area contributed by atoms with Crippen LogP contribution >= 0.6 is 11.6 Å². The first-order chi connectivity index (χ1) is 16.6. The number of rotatable bonds is 6. The highest BCUT2D eigenvalue weighted by molar-refractivity contribution is 7.92. The molecule has 4 nitrogen and oxygen atoms in total. The Kier molecular flexibility index (Phi) is 6.21. The van der Waals surface area contributed by atoms with Gasteiger partial charge in [-0.05, 0) is 73.1 Å². The third-order valence-electron chi connectivity index (χ3n) is 6.44. The Bertz CT molecular complexity index is 1370. The number of halogens is 4. The molecule has 1 aliphatic heterocycles. The minimum absolute atomic E-state index is 0.172. The molecule has 3 aromatic carbocycles. The SMILES string of the molecule is O=S(=O)(c1cccc(C(F)(F)F)c1)N1CCCc2ccc(OCc3c(Cl)cccc3C3CC3)cc21. The molecule has 35 heavy (non-hydrogen) atoms. The van der Waals surface area contributed by atoms with Gasteiger partial charge in [0, 0.05) is 23.2 Å². The number of hydrogen-bond donors (Lipinski definition) is 0. The van der Waals surface area contributed by atoms with E-state index in [4.69, 9.17) is 16.3 Å². The van der Waals surface area contributed by atoms with Crippen molar-refractivity contribution in [2.24, 2.45) is 0 Å². The Morgan fingerprint density at radius 3 is 2.54 bits per heavy atom. The summed E-state index contributed by atoms with van der Waals surface area (Å²) in [6.07, 6.45) is -1.16. The molecule has 5 rings (SSSR count). The van der Waals surface area contributed by atoms with Crippen LogP contribution in [0.3, 0.4) is 0 Å². The predicted octanol–water partition coefficient (Wildman–Crippen LogP) is 6.96. The van der Waals surface area contributed by atoms with E-state index in [1.165, 1.54) is 15.9 Å². The Balaban J connectivity index is 1.44. The lowest BCUT2D eigenvalue weighted by Gasteiger charge is -2.31. The standard InChI is InChI=1S/C26H23ClF3NO3S/c27-24-8-2-7-22(17-9-10-17)23(24)16-34-20-12-11-18-4-3-13-31(25(18)15-20)35(32,33)21-6-1-5-19(14-21)26(28,29)30/h1-2,5-8,11-12,14-15,17H,3-4,9-10,13,16H2. The lowest BCUT2D eigenvalue weighted by molar-refractivity contribution is -0.137. The van der Waals surface area contributed by atoms with Gasteiger partial charge in [0.05, 0.1) is 16.1 Å². The zero-order chi connectivity index (χ0) is 24.8. The summed E-state index contributed by atoms with van der Waals surface area (Å²) >= 11 is 6.43. The molecule has 0 amide bonds. The van der Waals surface area contributed by atoms with E-state index in [0.717, 1.165) is 36.1 Å². The van der Waals surface area contributed by atoms with Gasteiger partial charge in [-0.25, -0.2) is 8.42 Å². The van der Waals surface area contributed by atoms with Crippen LogP contribution in [0.1, 0.15) is 47.4 Å². The third kappa shape index (κ3) is 4.86. The summed E-state index contributed by atoms with van der Waals surface area (Å²) in [5.41, 5.74) is 2.31. The van der Waals surface area contributed by atoms with Crippen molar-refractivity contribution >= 4 is 27.3 Å². The first kappa shape index (κ1) is 24.0. The molecule has 1 saturated carbocycles. The van der Waals surface area contributed by atoms with Gasteiger partial charge < -0.3 is 4.74 Å². The Morgan fingerprint density at radius 1 is 1.03 bits per heavy atom. The maximum absolute atomic E-state index is 13.4. The molecule has 0 unspecified atom stereocenters. The fourth-order valence-corrected chi connectivity index (χ4v) is 6.30. The molecular weight excluding hydrogens is 499 g/mol. The van der Waals surface area contributed by atoms with Crippen LogP contribution in [-0.4, -0.2) is 15.0 Å². The zero-order valence-electron chi connectivity index (χ0n) is 18.7. The van der Waals surface area contributed by atoms with Gasteiger partial charge in [-0.3, -0.25) is 4.31 Å². The largest absolute Gasteiger partial charge is 0.489 e. The molecule has 1 heterocycles. The quantitative estimate of drug-likeness (QED) is 0.352. The number of nitrogens with zero attached hydrogens (tertiary/aromatic N) is 1. The van der Waals surface area contributed by atoms with Gasteiger partial charge in [-0.1, -0.05) is 35.9 Å². The fraction of sp³-hybridized carbons (Fsp3) is 0.308. The van der Waals surface area contributed by atoms with Crippen molar-refractivity contribution in [1.82, 2.24) is 0 Å². The number of anilines is 1. The van der Waals surface area contributed by atoms with Crippen molar-refractivity contribution in [1.29, 1.82) is 0 Å². The average Bonchev–Trinajstić information content (AvgIpc) is 3.67. The fourth-order valence-electron chi connectivity index (χ4n) is 4.48. The molecule has 3 aromatic rings. The normalized spacial score (nSPS) is 16.2. The van der Waals surface area contributed by atoms with E-state index >= 15 is 0 Å². The summed E-state index contributed by atoms with van der Waals surface area (Å²) in [7, 11) is -4.20. The molecule has 0 atom stereocenters. The number of alkyl halides is 3. The van der Waals surface area contributed by atoms with Gasteiger partial charge in [-0.2, -0.15) is 13.2 Å². The van der Waals surface area contributed by atoms with Crippen molar-refractivity contribution in [2.45, 2.75) is 49.3 Å². The minimum Gasteiger partial charge on any atom is -0.489 e. The van der Waals surface area contributed by atoms with E-state index in [2.05, 4.69) is 6.07 Å². The number of sulfonamides is 1. The van der Waals surface area contributed by atoms with E-state index < -0.39 is 26.7 Å². The molecule has 0 spiro atoms. The lowest BCUT2D eigenvalue weighted by atomic mass is 10.0. The molecule has 0 saturated heterocycles. The van der Waals surface area contributed by atoms with Crippen molar-refractivity contribution in [2.75, 3.05) is 10.8 Å². The molecule has 184 valence electrons. The van der Waals surface area contributed by atoms with Crippen LogP contribution in [0.2, 0.25) is 5.02 Å². The van der Waals surface area contributed by atoms with E-state index in [0.29, 0.717) is 41.3 Å². The second kappa shape index (κ2) is 9.06. The Labute approximate surface area is 207 Å². The number of hydrogen-bond acceptors (Lipinski definition) is 3. The van der Waals surface area contributed by atoms with Gasteiger partial charge in [-0.15, -0.1) is 0 Å². The van der Waals surface area contributed by atoms with Gasteiger partial charge in [0.15, 0.2) is 0 Å². The van der Waals surface area contributed by atoms with E-state index in [1.807, 2.05) is 18.2 Å². The second-order valence-electron chi connectivity index (χ2n) is 8.87. The van der Waals surface area contributed by atoms with Crippen LogP contribution in [0.5, 0.6) is 5.75 Å². The number of fused-ring (bicyclic) bond motifs is 1. The minimum atomic E-state index is -4.63. The van der Waals surface area contributed by atoms with E-state index in [1.54, 1.807) is 12.1 Å². The van der Waals surface area contributed by atoms with Crippen LogP contribution in [-0.2, 0) is 29.2 Å². The smallest absolute Gasteiger partial charge is 0.416 e. The predicted molar refractivity (Wildman–Crippen MR) is 128 cm³/mol. The summed E-state index contributed by atoms with van der Waals surface area (Å²) in [4.78, 5) is -0.392. The molecule has 1 fully saturated rings. The summed E-state index contributed by atoms with van der Waals surface area (Å²) in [5.74, 6) is 0.959. The van der Waals surface area contributed by atoms with Crippen LogP contribution in [0.15, 0.2) is 65.6 Å². The summed E-state index contributed by atoms with van der Waals surface area (Å²) in [6, 6.07) is 14.9. The lowest BCUT2D eigenvalue weighted by Crippen LogP contribution is -2.35. The summed E-state index contributed by atoms with van der Waals surface area (Å²) in [6.45, 7) is 0.413. The second-order valence-corrected chi connectivity index (χ2v) is 11.1. The maximum Gasteiger partial charge on any atom is 0.416 e. The van der Waals surface area contributed by atoms with Crippen molar-refractivity contribution in [3.05, 3.63) is 87.9 Å². The topological polar surface area (TPSA) is 46.6 Å². The Hall–Kier alpha value is -2.71. The summed E-state index contributed by atoms with van der Waals surface area (Å²) in [5, 5.41) is 0.626. The maximum atomic E-state index is 13.4. The van der Waals surface area contributed by atoms with Crippen LogP contribution in [0, 0.1) is 0 Å². The summed E-state index contributed by atoms with van der Waals surface area (Å²) < 4.78 is 73.6. The first-order valence-corrected chi connectivity index (χ1v) is 13.2. The molecule has 2 aliphatic rings. The van der Waals surface area contributed by atoms with Crippen LogP contribution in [0.4, 0.5) is 18.9 Å². The average molecular weight is 522 g/mol. The molecule has 1 aliphatic carbocycles. The monoisotopic (exact) mass is 521 g/mol. The van der Waals surface area contributed by atoms with Gasteiger partial charge in [0.2, 0.25) is 0 Å². The first-order valence-electron chi connectivity index (χ1n) is 11.4. The molecule has 0 N–H and O–H groups in total. The van der Waals surface area contributed by atoms with E-state index in [-0.39, 0.29) is 13.2 Å². The number of aryl methyl sites for hydroxylation is 1. The van der Waals surface area contributed by atoms with Crippen LogP contribution in [0.25, 0.3) is 0 Å². The highest BCUT2D eigenvalue weighted by atomic mass is 35.5. The number of ether oxygens (including phenoxy) is 1. The van der Waals surface area contributed by atoms with Crippen molar-refractivity contribution < 1.29 is 26.3 Å². The molecular formula is C26H23ClF3NO3S. The van der Waals surface area contributed by atoms with Gasteiger partial charge in [0.1, 0.15) is 12.4 Å². The number of benzene rings is 3. The highest BCUT2D eigenvalue weighted by Crippen LogP contribution is 2.43. The van der Waals surface area contributed by atoms with E-state index in [9.17, 15) is 21.6 Å².